The topological polar surface area (TPSA) is 66.5 Å². The molecule has 7 heteroatoms. The summed E-state index contributed by atoms with van der Waals surface area (Å²) in [5, 5.41) is 3.15. The predicted molar refractivity (Wildman–Crippen MR) is 102 cm³/mol. The van der Waals surface area contributed by atoms with Crippen molar-refractivity contribution in [1.82, 2.24) is 5.32 Å². The molecule has 134 valence electrons. The molecule has 2 aromatic carbocycles. The van der Waals surface area contributed by atoms with Crippen molar-refractivity contribution in [2.75, 3.05) is 17.6 Å². The lowest BCUT2D eigenvalue weighted by Crippen LogP contribution is -2.28. The van der Waals surface area contributed by atoms with Crippen LogP contribution in [0.3, 0.4) is 0 Å². The molecule has 0 aromatic heterocycles. The van der Waals surface area contributed by atoms with E-state index in [9.17, 15) is 13.2 Å². The van der Waals surface area contributed by atoms with Gasteiger partial charge in [0.15, 0.2) is 0 Å². The summed E-state index contributed by atoms with van der Waals surface area (Å²) in [6.07, 6.45) is 1.10. The molecule has 0 radical (unpaired) electrons. The highest BCUT2D eigenvalue weighted by atomic mass is 35.5. The van der Waals surface area contributed by atoms with Crippen molar-refractivity contribution in [2.45, 2.75) is 19.9 Å². The number of anilines is 1. The zero-order valence-electron chi connectivity index (χ0n) is 14.6. The number of carbonyl (C=O) groups excluding carboxylic acids is 1. The Labute approximate surface area is 153 Å². The van der Waals surface area contributed by atoms with E-state index in [0.29, 0.717) is 5.69 Å². The lowest BCUT2D eigenvalue weighted by atomic mass is 10.1. The van der Waals surface area contributed by atoms with Gasteiger partial charge in [0.05, 0.1) is 28.6 Å². The Hall–Kier alpha value is -2.05. The number of sulfonamides is 1. The van der Waals surface area contributed by atoms with Crippen LogP contribution in [0.4, 0.5) is 5.69 Å². The summed E-state index contributed by atoms with van der Waals surface area (Å²) >= 11 is 6.13. The van der Waals surface area contributed by atoms with Gasteiger partial charge in [0, 0.05) is 7.05 Å². The van der Waals surface area contributed by atoms with E-state index in [-0.39, 0.29) is 22.5 Å². The van der Waals surface area contributed by atoms with Crippen molar-refractivity contribution in [3.8, 4) is 0 Å². The van der Waals surface area contributed by atoms with E-state index in [1.165, 1.54) is 19.2 Å². The van der Waals surface area contributed by atoms with Crippen LogP contribution in [0.2, 0.25) is 5.02 Å². The third kappa shape index (κ3) is 4.74. The molecule has 0 aliphatic carbocycles. The van der Waals surface area contributed by atoms with Gasteiger partial charge >= 0.3 is 0 Å². The summed E-state index contributed by atoms with van der Waals surface area (Å²) in [6, 6.07) is 12.2. The molecule has 2 rings (SSSR count). The van der Waals surface area contributed by atoms with E-state index >= 15 is 0 Å². The van der Waals surface area contributed by atoms with Gasteiger partial charge in [-0.15, -0.1) is 0 Å². The minimum Gasteiger partial charge on any atom is -0.345 e. The van der Waals surface area contributed by atoms with E-state index in [0.717, 1.165) is 21.7 Å². The molecule has 2 aromatic rings. The number of amides is 1. The van der Waals surface area contributed by atoms with Crippen LogP contribution in [0.15, 0.2) is 42.5 Å². The zero-order valence-corrected chi connectivity index (χ0v) is 16.1. The zero-order chi connectivity index (χ0) is 18.8. The maximum atomic E-state index is 12.6. The Morgan fingerprint density at radius 2 is 1.76 bits per heavy atom. The smallest absolute Gasteiger partial charge is 0.253 e. The fourth-order valence-corrected chi connectivity index (χ4v) is 2.99. The van der Waals surface area contributed by atoms with Crippen LogP contribution in [0, 0.1) is 6.92 Å². The Bertz CT molecular complexity index is 880. The summed E-state index contributed by atoms with van der Waals surface area (Å²) in [6.45, 7) is 3.87. The third-order valence-corrected chi connectivity index (χ3v) is 5.52. The van der Waals surface area contributed by atoms with Gasteiger partial charge in [-0.3, -0.25) is 9.10 Å². The van der Waals surface area contributed by atoms with Crippen molar-refractivity contribution in [3.63, 3.8) is 0 Å². The number of hydrogen-bond acceptors (Lipinski definition) is 3. The van der Waals surface area contributed by atoms with Crippen LogP contribution in [0.1, 0.15) is 34.5 Å². The number of nitrogens with zero attached hydrogens (tertiary/aromatic N) is 1. The highest BCUT2D eigenvalue weighted by Crippen LogP contribution is 2.25. The van der Waals surface area contributed by atoms with Gasteiger partial charge < -0.3 is 5.32 Å². The van der Waals surface area contributed by atoms with E-state index in [1.54, 1.807) is 6.07 Å². The molecule has 1 atom stereocenters. The van der Waals surface area contributed by atoms with Crippen LogP contribution in [0.5, 0.6) is 0 Å². The summed E-state index contributed by atoms with van der Waals surface area (Å²) in [5.74, 6) is -0.359. The molecule has 0 heterocycles. The summed E-state index contributed by atoms with van der Waals surface area (Å²) < 4.78 is 24.5. The van der Waals surface area contributed by atoms with E-state index in [2.05, 4.69) is 5.32 Å². The molecule has 0 aliphatic rings. The van der Waals surface area contributed by atoms with Crippen molar-refractivity contribution < 1.29 is 13.2 Å². The number of halogens is 1. The lowest BCUT2D eigenvalue weighted by Gasteiger charge is -2.19. The largest absolute Gasteiger partial charge is 0.345 e. The maximum absolute atomic E-state index is 12.6. The molecule has 0 saturated heterocycles. The van der Waals surface area contributed by atoms with Crippen LogP contribution >= 0.6 is 11.6 Å². The van der Waals surface area contributed by atoms with Gasteiger partial charge in [-0.05, 0) is 37.6 Å². The second kappa shape index (κ2) is 7.45. The summed E-state index contributed by atoms with van der Waals surface area (Å²) in [7, 11) is -2.00. The number of benzene rings is 2. The highest BCUT2D eigenvalue weighted by molar-refractivity contribution is 7.92. The standard InChI is InChI=1S/C18H21ClN2O3S/c1-12-5-7-14(8-6-12)13(2)20-18(22)16-11-15(9-10-17(16)19)21(3)25(4,23)24/h5-11,13H,1-4H3,(H,20,22). The average molecular weight is 381 g/mol. The molecule has 0 fully saturated rings. The molecular formula is C18H21ClN2O3S. The van der Waals surface area contributed by atoms with E-state index in [4.69, 9.17) is 11.6 Å². The first-order valence-corrected chi connectivity index (χ1v) is 9.93. The molecule has 1 amide bonds. The SMILES string of the molecule is Cc1ccc(C(C)NC(=O)c2cc(N(C)S(C)(=O)=O)ccc2Cl)cc1. The first-order valence-electron chi connectivity index (χ1n) is 7.70. The minimum atomic E-state index is -3.42. The third-order valence-electron chi connectivity index (χ3n) is 3.98. The van der Waals surface area contributed by atoms with Crippen LogP contribution in [-0.4, -0.2) is 27.6 Å². The second-order valence-corrected chi connectivity index (χ2v) is 8.42. The first-order chi connectivity index (χ1) is 11.6. The van der Waals surface area contributed by atoms with Crippen molar-refractivity contribution in [1.29, 1.82) is 0 Å². The highest BCUT2D eigenvalue weighted by Gasteiger charge is 2.18. The maximum Gasteiger partial charge on any atom is 0.253 e. The van der Waals surface area contributed by atoms with Crippen molar-refractivity contribution >= 4 is 33.2 Å². The Balaban J connectivity index is 2.25. The number of hydrogen-bond donors (Lipinski definition) is 1. The summed E-state index contributed by atoms with van der Waals surface area (Å²) in [4.78, 5) is 12.6. The predicted octanol–water partition coefficient (Wildman–Crippen LogP) is 3.54. The molecule has 0 aliphatic heterocycles. The van der Waals surface area contributed by atoms with Gasteiger partial charge in [0.25, 0.3) is 5.91 Å². The fraction of sp³-hybridized carbons (Fsp3) is 0.278. The van der Waals surface area contributed by atoms with Crippen LogP contribution in [-0.2, 0) is 10.0 Å². The number of carbonyl (C=O) groups is 1. The number of rotatable bonds is 5. The normalized spacial score (nSPS) is 12.5. The Morgan fingerprint density at radius 1 is 1.16 bits per heavy atom. The second-order valence-electron chi connectivity index (χ2n) is 6.00. The van der Waals surface area contributed by atoms with Gasteiger partial charge in [0.2, 0.25) is 10.0 Å². The van der Waals surface area contributed by atoms with E-state index < -0.39 is 10.0 Å². The summed E-state index contributed by atoms with van der Waals surface area (Å²) in [5.41, 5.74) is 2.72. The molecule has 1 unspecified atom stereocenters. The van der Waals surface area contributed by atoms with Gasteiger partial charge in [-0.25, -0.2) is 8.42 Å². The number of aryl methyl sites for hydroxylation is 1. The monoisotopic (exact) mass is 380 g/mol. The Kier molecular flexibility index (Phi) is 5.75. The lowest BCUT2D eigenvalue weighted by molar-refractivity contribution is 0.0940. The quantitative estimate of drug-likeness (QED) is 0.862. The average Bonchev–Trinajstić information content (AvgIpc) is 2.54. The van der Waals surface area contributed by atoms with Crippen LogP contribution < -0.4 is 9.62 Å². The molecule has 0 saturated carbocycles. The Morgan fingerprint density at radius 3 is 2.32 bits per heavy atom. The minimum absolute atomic E-state index is 0.208. The van der Waals surface area contributed by atoms with Crippen molar-refractivity contribution in [3.05, 3.63) is 64.2 Å². The molecule has 5 nitrogen and oxygen atoms in total. The molecule has 0 bridgehead atoms. The van der Waals surface area contributed by atoms with Gasteiger partial charge in [-0.2, -0.15) is 0 Å². The van der Waals surface area contributed by atoms with E-state index in [1.807, 2.05) is 38.1 Å². The van der Waals surface area contributed by atoms with Crippen LogP contribution in [0.25, 0.3) is 0 Å². The van der Waals surface area contributed by atoms with Gasteiger partial charge in [0.1, 0.15) is 0 Å². The molecule has 0 spiro atoms. The van der Waals surface area contributed by atoms with Crippen molar-refractivity contribution in [2.24, 2.45) is 0 Å². The fourth-order valence-electron chi connectivity index (χ4n) is 2.29. The molecule has 1 N–H and O–H groups in total. The van der Waals surface area contributed by atoms with Gasteiger partial charge in [-0.1, -0.05) is 41.4 Å². The first kappa shape index (κ1) is 19.3. The molecule has 25 heavy (non-hydrogen) atoms. The molecular weight excluding hydrogens is 360 g/mol. The number of nitrogens with one attached hydrogen (secondary N) is 1.